The normalized spacial score (nSPS) is 9.63. The molecule has 1 amide bonds. The molecule has 0 bridgehead atoms. The minimum absolute atomic E-state index is 0.0637. The first-order valence-corrected chi connectivity index (χ1v) is 5.66. The van der Waals surface area contributed by atoms with E-state index in [1.54, 1.807) is 41.1 Å². The quantitative estimate of drug-likeness (QED) is 0.808. The smallest absolute Gasteiger partial charge is 0.290 e. The van der Waals surface area contributed by atoms with Crippen molar-refractivity contribution in [3.63, 3.8) is 0 Å². The summed E-state index contributed by atoms with van der Waals surface area (Å²) in [4.78, 5) is 11.8. The Morgan fingerprint density at radius 2 is 2.11 bits per heavy atom. The van der Waals surface area contributed by atoms with Gasteiger partial charge in [-0.25, -0.2) is 0 Å². The van der Waals surface area contributed by atoms with Crippen molar-refractivity contribution in [3.8, 4) is 11.8 Å². The van der Waals surface area contributed by atoms with E-state index >= 15 is 0 Å². The Kier molecular flexibility index (Phi) is 3.74. The van der Waals surface area contributed by atoms with Crippen molar-refractivity contribution >= 4 is 11.6 Å². The summed E-state index contributed by atoms with van der Waals surface area (Å²) in [7, 11) is 0. The van der Waals surface area contributed by atoms with E-state index in [9.17, 15) is 9.90 Å². The molecular formula is C14H12N3O2+. The van der Waals surface area contributed by atoms with Crippen molar-refractivity contribution in [1.82, 2.24) is 0 Å². The van der Waals surface area contributed by atoms with Crippen LogP contribution < -0.4 is 9.88 Å². The molecule has 0 unspecified atom stereocenters. The highest BCUT2D eigenvalue weighted by molar-refractivity contribution is 5.91. The summed E-state index contributed by atoms with van der Waals surface area (Å²) < 4.78 is 1.56. The number of benzene rings is 1. The molecule has 0 saturated heterocycles. The molecule has 1 aromatic carbocycles. The Morgan fingerprint density at radius 3 is 2.84 bits per heavy atom. The number of hydrogen-bond donors (Lipinski definition) is 2. The van der Waals surface area contributed by atoms with Gasteiger partial charge in [-0.1, -0.05) is 12.1 Å². The predicted octanol–water partition coefficient (Wildman–Crippen LogP) is 1.19. The van der Waals surface area contributed by atoms with Crippen LogP contribution in [0.25, 0.3) is 0 Å². The van der Waals surface area contributed by atoms with Crippen molar-refractivity contribution in [1.29, 1.82) is 5.26 Å². The zero-order chi connectivity index (χ0) is 13.7. The first-order chi connectivity index (χ1) is 9.19. The number of aromatic nitrogens is 1. The van der Waals surface area contributed by atoms with Gasteiger partial charge in [-0.05, 0) is 18.2 Å². The first kappa shape index (κ1) is 12.6. The molecule has 94 valence electrons. The van der Waals surface area contributed by atoms with Gasteiger partial charge >= 0.3 is 0 Å². The van der Waals surface area contributed by atoms with E-state index in [0.717, 1.165) is 0 Å². The van der Waals surface area contributed by atoms with Gasteiger partial charge in [0.15, 0.2) is 11.9 Å². The number of aromatic hydroxyl groups is 1. The molecule has 0 aliphatic heterocycles. The Labute approximate surface area is 110 Å². The van der Waals surface area contributed by atoms with Crippen LogP contribution in [0.15, 0.2) is 48.8 Å². The third-order valence-corrected chi connectivity index (χ3v) is 2.49. The monoisotopic (exact) mass is 254 g/mol. The molecule has 0 aliphatic rings. The molecule has 5 nitrogen and oxygen atoms in total. The van der Waals surface area contributed by atoms with Crippen LogP contribution in [0.3, 0.4) is 0 Å². The maximum atomic E-state index is 11.8. The summed E-state index contributed by atoms with van der Waals surface area (Å²) in [5.74, 6) is -0.175. The van der Waals surface area contributed by atoms with Gasteiger partial charge in [-0.2, -0.15) is 9.83 Å². The van der Waals surface area contributed by atoms with Gasteiger partial charge < -0.3 is 10.4 Å². The molecule has 1 aromatic heterocycles. The molecule has 2 N–H and O–H groups in total. The summed E-state index contributed by atoms with van der Waals surface area (Å²) in [5, 5.41) is 20.9. The highest BCUT2D eigenvalue weighted by Crippen LogP contribution is 2.13. The number of pyridine rings is 1. The van der Waals surface area contributed by atoms with Gasteiger partial charge in [0.05, 0.1) is 11.3 Å². The van der Waals surface area contributed by atoms with Gasteiger partial charge in [0, 0.05) is 6.07 Å². The zero-order valence-electron chi connectivity index (χ0n) is 10.1. The second-order valence-corrected chi connectivity index (χ2v) is 3.94. The number of hydrogen-bond acceptors (Lipinski definition) is 3. The first-order valence-electron chi connectivity index (χ1n) is 5.66. The minimum atomic E-state index is -0.265. The summed E-state index contributed by atoms with van der Waals surface area (Å²) in [6, 6.07) is 12.0. The van der Waals surface area contributed by atoms with E-state index in [1.807, 2.05) is 6.07 Å². The molecule has 5 heteroatoms. The molecule has 1 heterocycles. The maximum Gasteiger partial charge on any atom is 0.290 e. The van der Waals surface area contributed by atoms with E-state index in [-0.39, 0.29) is 18.2 Å². The second-order valence-electron chi connectivity index (χ2n) is 3.94. The Bertz CT molecular complexity index is 647. The fourth-order valence-corrected chi connectivity index (χ4v) is 1.65. The standard InChI is InChI=1S/C14H11N3O2/c15-8-11-4-1-2-6-13(11)16-14(19)10-17-7-3-5-12(18)9-17/h1-7,9H,10H2,(H-,16,18,19)/p+1. The molecule has 0 atom stereocenters. The molecule has 2 rings (SSSR count). The van der Waals surface area contributed by atoms with Crippen LogP contribution >= 0.6 is 0 Å². The number of para-hydroxylation sites is 1. The number of rotatable bonds is 3. The van der Waals surface area contributed by atoms with Crippen LogP contribution in [0, 0.1) is 11.3 Å². The SMILES string of the molecule is N#Cc1ccccc1NC(=O)C[n+]1cccc(O)c1. The number of amides is 1. The number of anilines is 1. The molecule has 19 heavy (non-hydrogen) atoms. The fraction of sp³-hybridized carbons (Fsp3) is 0.0714. The Morgan fingerprint density at radius 1 is 1.32 bits per heavy atom. The third kappa shape index (κ3) is 3.30. The van der Waals surface area contributed by atoms with Crippen molar-refractivity contribution in [2.75, 3.05) is 5.32 Å². The van der Waals surface area contributed by atoms with Gasteiger partial charge in [-0.3, -0.25) is 4.79 Å². The highest BCUT2D eigenvalue weighted by Gasteiger charge is 2.11. The van der Waals surface area contributed by atoms with E-state index in [1.165, 1.54) is 12.3 Å². The third-order valence-electron chi connectivity index (χ3n) is 2.49. The predicted molar refractivity (Wildman–Crippen MR) is 68.1 cm³/mol. The van der Waals surface area contributed by atoms with Gasteiger partial charge in [-0.15, -0.1) is 0 Å². The van der Waals surface area contributed by atoms with Crippen molar-refractivity contribution < 1.29 is 14.5 Å². The Hall–Kier alpha value is -2.87. The average Bonchev–Trinajstić information content (AvgIpc) is 2.39. The lowest BCUT2D eigenvalue weighted by Gasteiger charge is -2.04. The van der Waals surface area contributed by atoms with Gasteiger partial charge in [0.25, 0.3) is 5.91 Å². The summed E-state index contributed by atoms with van der Waals surface area (Å²) in [6.45, 7) is 0.0637. The van der Waals surface area contributed by atoms with Crippen LogP contribution in [-0.2, 0) is 11.3 Å². The van der Waals surface area contributed by atoms with Crippen LogP contribution in [0.1, 0.15) is 5.56 Å². The van der Waals surface area contributed by atoms with E-state index in [0.29, 0.717) is 11.3 Å². The molecular weight excluding hydrogens is 242 g/mol. The summed E-state index contributed by atoms with van der Waals surface area (Å²) in [5.41, 5.74) is 0.896. The van der Waals surface area contributed by atoms with E-state index in [2.05, 4.69) is 5.32 Å². The summed E-state index contributed by atoms with van der Waals surface area (Å²) in [6.07, 6.45) is 3.13. The molecule has 0 aliphatic carbocycles. The van der Waals surface area contributed by atoms with Crippen LogP contribution in [0.2, 0.25) is 0 Å². The van der Waals surface area contributed by atoms with Gasteiger partial charge in [0.1, 0.15) is 6.07 Å². The highest BCUT2D eigenvalue weighted by atomic mass is 16.3. The zero-order valence-corrected chi connectivity index (χ0v) is 10.1. The lowest BCUT2D eigenvalue weighted by molar-refractivity contribution is -0.684. The number of nitrogens with one attached hydrogen (secondary N) is 1. The van der Waals surface area contributed by atoms with E-state index < -0.39 is 0 Å². The van der Waals surface area contributed by atoms with Crippen molar-refractivity contribution in [2.24, 2.45) is 0 Å². The van der Waals surface area contributed by atoms with E-state index in [4.69, 9.17) is 5.26 Å². The number of carbonyl (C=O) groups excluding carboxylic acids is 1. The second kappa shape index (κ2) is 5.65. The minimum Gasteiger partial charge on any atom is -0.503 e. The van der Waals surface area contributed by atoms with Gasteiger partial charge in [0.2, 0.25) is 12.7 Å². The Balaban J connectivity index is 2.08. The molecule has 0 fully saturated rings. The molecule has 2 aromatic rings. The van der Waals surface area contributed by atoms with Crippen LogP contribution in [-0.4, -0.2) is 11.0 Å². The average molecular weight is 254 g/mol. The molecule has 0 spiro atoms. The lowest BCUT2D eigenvalue weighted by Crippen LogP contribution is -2.39. The number of nitrogens with zero attached hydrogens (tertiary/aromatic N) is 2. The summed E-state index contributed by atoms with van der Waals surface area (Å²) >= 11 is 0. The maximum absolute atomic E-state index is 11.8. The number of carbonyl (C=O) groups is 1. The van der Waals surface area contributed by atoms with Crippen LogP contribution in [0.5, 0.6) is 5.75 Å². The number of nitriles is 1. The molecule has 0 saturated carbocycles. The fourth-order valence-electron chi connectivity index (χ4n) is 1.65. The largest absolute Gasteiger partial charge is 0.503 e. The van der Waals surface area contributed by atoms with Crippen molar-refractivity contribution in [3.05, 3.63) is 54.4 Å². The topological polar surface area (TPSA) is 77.0 Å². The molecule has 0 radical (unpaired) electrons. The van der Waals surface area contributed by atoms with Crippen molar-refractivity contribution in [2.45, 2.75) is 6.54 Å². The van der Waals surface area contributed by atoms with Crippen LogP contribution in [0.4, 0.5) is 5.69 Å². The lowest BCUT2D eigenvalue weighted by atomic mass is 10.2.